The largest absolute Gasteiger partial charge is 0.467 e. The summed E-state index contributed by atoms with van der Waals surface area (Å²) >= 11 is 0. The fourth-order valence-electron chi connectivity index (χ4n) is 3.71. The van der Waals surface area contributed by atoms with Crippen LogP contribution in [0.4, 0.5) is 5.69 Å². The lowest BCUT2D eigenvalue weighted by atomic mass is 10.1. The maximum atomic E-state index is 12.6. The molecule has 3 rings (SSSR count). The molecular formula is C23H29N3O7S. The molecule has 2 heterocycles. The Bertz CT molecular complexity index is 1110. The first-order valence-electron chi connectivity index (χ1n) is 11.0. The number of anilines is 1. The van der Waals surface area contributed by atoms with Gasteiger partial charge in [-0.15, -0.1) is 0 Å². The van der Waals surface area contributed by atoms with Crippen molar-refractivity contribution in [2.45, 2.75) is 31.7 Å². The average molecular weight is 492 g/mol. The van der Waals surface area contributed by atoms with Gasteiger partial charge in [-0.3, -0.25) is 14.4 Å². The van der Waals surface area contributed by atoms with Crippen molar-refractivity contribution >= 4 is 33.5 Å². The number of carbonyl (C=O) groups excluding carboxylic acids is 3. The number of nitrogens with zero attached hydrogens (tertiary/aromatic N) is 3. The number of carbonyl (C=O) groups is 3. The number of esters is 1. The maximum Gasteiger partial charge on any atom is 0.311 e. The molecule has 1 fully saturated rings. The molecule has 2 aromatic rings. The van der Waals surface area contributed by atoms with Crippen LogP contribution in [-0.2, 0) is 35.7 Å². The molecule has 1 saturated heterocycles. The van der Waals surface area contributed by atoms with Crippen LogP contribution < -0.4 is 4.90 Å². The number of hydrogen-bond donors (Lipinski definition) is 0. The molecule has 0 saturated carbocycles. The van der Waals surface area contributed by atoms with Gasteiger partial charge in [0, 0.05) is 38.8 Å². The zero-order valence-corrected chi connectivity index (χ0v) is 20.3. The Morgan fingerprint density at radius 3 is 2.41 bits per heavy atom. The molecule has 1 unspecified atom stereocenters. The Morgan fingerprint density at radius 1 is 1.15 bits per heavy atom. The SMILES string of the molecule is CCN(CC)S(=O)(=O)c1ccc(N2CC(C(=O)OCC(=O)N(C)Cc3ccco3)CC2=O)cc1. The van der Waals surface area contributed by atoms with Gasteiger partial charge in [0.25, 0.3) is 5.91 Å². The molecular weight excluding hydrogens is 462 g/mol. The first-order chi connectivity index (χ1) is 16.2. The van der Waals surface area contributed by atoms with E-state index < -0.39 is 34.4 Å². The molecule has 0 radical (unpaired) electrons. The number of likely N-dealkylation sites (N-methyl/N-ethyl adjacent to an activating group) is 1. The second kappa shape index (κ2) is 10.8. The van der Waals surface area contributed by atoms with Crippen LogP contribution in [0, 0.1) is 5.92 Å². The zero-order valence-electron chi connectivity index (χ0n) is 19.5. The van der Waals surface area contributed by atoms with E-state index in [9.17, 15) is 22.8 Å². The molecule has 0 N–H and O–H groups in total. The van der Waals surface area contributed by atoms with E-state index >= 15 is 0 Å². The monoisotopic (exact) mass is 491 g/mol. The molecule has 0 aliphatic carbocycles. The van der Waals surface area contributed by atoms with E-state index in [4.69, 9.17) is 9.15 Å². The third-order valence-corrected chi connectivity index (χ3v) is 7.75. The minimum absolute atomic E-state index is 0.0469. The molecule has 1 aromatic carbocycles. The van der Waals surface area contributed by atoms with E-state index in [1.165, 1.54) is 32.5 Å². The highest BCUT2D eigenvalue weighted by Gasteiger charge is 2.36. The van der Waals surface area contributed by atoms with Crippen LogP contribution in [0.5, 0.6) is 0 Å². The van der Waals surface area contributed by atoms with Gasteiger partial charge < -0.3 is 19.0 Å². The van der Waals surface area contributed by atoms with Crippen LogP contribution in [-0.4, -0.2) is 68.7 Å². The van der Waals surface area contributed by atoms with Crippen LogP contribution in [0.25, 0.3) is 0 Å². The maximum absolute atomic E-state index is 12.6. The van der Waals surface area contributed by atoms with E-state index in [1.807, 2.05) is 0 Å². The van der Waals surface area contributed by atoms with Crippen molar-refractivity contribution < 1.29 is 32.0 Å². The van der Waals surface area contributed by atoms with E-state index in [-0.39, 0.29) is 30.3 Å². The van der Waals surface area contributed by atoms with Crippen LogP contribution in [0.1, 0.15) is 26.0 Å². The summed E-state index contributed by atoms with van der Waals surface area (Å²) in [5.41, 5.74) is 0.494. The minimum Gasteiger partial charge on any atom is -0.467 e. The summed E-state index contributed by atoms with van der Waals surface area (Å²) in [5.74, 6) is -1.40. The molecule has 1 atom stereocenters. The van der Waals surface area contributed by atoms with Crippen LogP contribution in [0.2, 0.25) is 0 Å². The number of furan rings is 1. The van der Waals surface area contributed by atoms with Crippen LogP contribution in [0.15, 0.2) is 52.0 Å². The molecule has 1 aromatic heterocycles. The van der Waals surface area contributed by atoms with Gasteiger partial charge in [0.15, 0.2) is 6.61 Å². The van der Waals surface area contributed by atoms with Gasteiger partial charge in [-0.2, -0.15) is 4.31 Å². The number of ether oxygens (including phenoxy) is 1. The van der Waals surface area contributed by atoms with Crippen molar-refractivity contribution in [2.24, 2.45) is 5.92 Å². The van der Waals surface area contributed by atoms with E-state index in [2.05, 4.69) is 0 Å². The van der Waals surface area contributed by atoms with Gasteiger partial charge in [0.05, 0.1) is 23.6 Å². The number of amides is 2. The summed E-state index contributed by atoms with van der Waals surface area (Å²) in [5, 5.41) is 0. The summed E-state index contributed by atoms with van der Waals surface area (Å²) in [6.07, 6.45) is 1.46. The lowest BCUT2D eigenvalue weighted by Crippen LogP contribution is -2.32. The van der Waals surface area contributed by atoms with Crippen molar-refractivity contribution in [2.75, 3.05) is 38.2 Å². The molecule has 1 aliphatic rings. The second-order valence-electron chi connectivity index (χ2n) is 7.93. The molecule has 0 bridgehead atoms. The van der Waals surface area contributed by atoms with Crippen molar-refractivity contribution in [3.8, 4) is 0 Å². The Balaban J connectivity index is 1.57. The molecule has 0 spiro atoms. The Morgan fingerprint density at radius 2 is 1.82 bits per heavy atom. The van der Waals surface area contributed by atoms with Crippen molar-refractivity contribution in [3.05, 3.63) is 48.4 Å². The van der Waals surface area contributed by atoms with Crippen LogP contribution in [0.3, 0.4) is 0 Å². The Kier molecular flexibility index (Phi) is 8.11. The topological polar surface area (TPSA) is 117 Å². The highest BCUT2D eigenvalue weighted by Crippen LogP contribution is 2.27. The first kappa shape index (κ1) is 25.4. The predicted molar refractivity (Wildman–Crippen MR) is 123 cm³/mol. The summed E-state index contributed by atoms with van der Waals surface area (Å²) in [6, 6.07) is 9.46. The number of hydrogen-bond acceptors (Lipinski definition) is 7. The van der Waals surface area contributed by atoms with E-state index in [0.29, 0.717) is 24.5 Å². The molecule has 2 amide bonds. The first-order valence-corrected chi connectivity index (χ1v) is 12.4. The summed E-state index contributed by atoms with van der Waals surface area (Å²) in [6.45, 7) is 4.16. The second-order valence-corrected chi connectivity index (χ2v) is 9.86. The number of sulfonamides is 1. The Labute approximate surface area is 199 Å². The molecule has 184 valence electrons. The predicted octanol–water partition coefficient (Wildman–Crippen LogP) is 1.86. The van der Waals surface area contributed by atoms with Crippen molar-refractivity contribution in [3.63, 3.8) is 0 Å². The normalized spacial score (nSPS) is 16.2. The lowest BCUT2D eigenvalue weighted by Gasteiger charge is -2.20. The van der Waals surface area contributed by atoms with Gasteiger partial charge in [-0.25, -0.2) is 8.42 Å². The quantitative estimate of drug-likeness (QED) is 0.466. The van der Waals surface area contributed by atoms with E-state index in [1.54, 1.807) is 45.2 Å². The van der Waals surface area contributed by atoms with Gasteiger partial charge in [0.1, 0.15) is 5.76 Å². The van der Waals surface area contributed by atoms with Gasteiger partial charge in [0.2, 0.25) is 15.9 Å². The molecule has 1 aliphatic heterocycles. The third kappa shape index (κ3) is 5.65. The Hall–Kier alpha value is -3.18. The summed E-state index contributed by atoms with van der Waals surface area (Å²) < 4.78 is 37.0. The van der Waals surface area contributed by atoms with E-state index in [0.717, 1.165) is 0 Å². The standard InChI is InChI=1S/C23H29N3O7S/c1-4-25(5-2)34(30,31)20-10-8-18(9-11-20)26-14-17(13-21(26)27)23(29)33-16-22(28)24(3)15-19-7-6-12-32-19/h6-12,17H,4-5,13-16H2,1-3H3. The summed E-state index contributed by atoms with van der Waals surface area (Å²) in [7, 11) is -2.03. The minimum atomic E-state index is -3.60. The fraction of sp³-hybridized carbons (Fsp3) is 0.435. The highest BCUT2D eigenvalue weighted by molar-refractivity contribution is 7.89. The molecule has 34 heavy (non-hydrogen) atoms. The molecule has 10 nitrogen and oxygen atoms in total. The fourth-order valence-corrected chi connectivity index (χ4v) is 5.17. The summed E-state index contributed by atoms with van der Waals surface area (Å²) in [4.78, 5) is 40.1. The number of rotatable bonds is 10. The smallest absolute Gasteiger partial charge is 0.311 e. The highest BCUT2D eigenvalue weighted by atomic mass is 32.2. The third-order valence-electron chi connectivity index (χ3n) is 5.69. The van der Waals surface area contributed by atoms with Gasteiger partial charge in [-0.05, 0) is 36.4 Å². The van der Waals surface area contributed by atoms with Crippen LogP contribution >= 0.6 is 0 Å². The zero-order chi connectivity index (χ0) is 24.9. The molecule has 11 heteroatoms. The van der Waals surface area contributed by atoms with Crippen molar-refractivity contribution in [1.29, 1.82) is 0 Å². The average Bonchev–Trinajstić information content (AvgIpc) is 3.47. The van der Waals surface area contributed by atoms with Crippen molar-refractivity contribution in [1.82, 2.24) is 9.21 Å². The van der Waals surface area contributed by atoms with Gasteiger partial charge >= 0.3 is 5.97 Å². The number of benzene rings is 1. The lowest BCUT2D eigenvalue weighted by molar-refractivity contribution is -0.155. The van der Waals surface area contributed by atoms with Gasteiger partial charge in [-0.1, -0.05) is 13.8 Å².